The Balaban J connectivity index is 5.31. The molecule has 4 amide bonds. The maximum atomic E-state index is 12.6. The zero-order valence-electron chi connectivity index (χ0n) is 18.0. The first kappa shape index (κ1) is 28.2. The lowest BCUT2D eigenvalue weighted by Crippen LogP contribution is -2.62. The van der Waals surface area contributed by atoms with Gasteiger partial charge in [-0.3, -0.25) is 19.2 Å². The van der Waals surface area contributed by atoms with Crippen LogP contribution in [0.3, 0.4) is 0 Å². The van der Waals surface area contributed by atoms with Gasteiger partial charge < -0.3 is 42.7 Å². The minimum Gasteiger partial charge on any atom is -0.480 e. The molecule has 10 N–H and O–H groups in total. The molecule has 0 saturated heterocycles. The Kier molecular flexibility index (Phi) is 11.7. The Bertz CT molecular complexity index is 667. The summed E-state index contributed by atoms with van der Waals surface area (Å²) in [6.45, 7) is 5.53. The van der Waals surface area contributed by atoms with Gasteiger partial charge in [-0.15, -0.1) is 0 Å². The van der Waals surface area contributed by atoms with E-state index in [0.717, 1.165) is 0 Å². The molecule has 0 aromatic heterocycles. The van der Waals surface area contributed by atoms with Crippen molar-refractivity contribution in [3.05, 3.63) is 0 Å². The molecule has 0 aliphatic rings. The Morgan fingerprint density at radius 1 is 0.774 bits per heavy atom. The molecule has 0 aromatic carbocycles. The maximum Gasteiger partial charge on any atom is 0.326 e. The number of carboxylic acids is 1. The van der Waals surface area contributed by atoms with Gasteiger partial charge in [0.05, 0.1) is 18.2 Å². The largest absolute Gasteiger partial charge is 0.480 e. The molecule has 0 aliphatic carbocycles. The highest BCUT2D eigenvalue weighted by Gasteiger charge is 2.34. The van der Waals surface area contributed by atoms with E-state index in [1.54, 1.807) is 13.8 Å². The van der Waals surface area contributed by atoms with Crippen LogP contribution in [0.15, 0.2) is 0 Å². The fourth-order valence-electron chi connectivity index (χ4n) is 2.50. The number of primary amides is 1. The highest BCUT2D eigenvalue weighted by atomic mass is 16.4. The minimum atomic E-state index is -1.56. The molecule has 0 fully saturated rings. The van der Waals surface area contributed by atoms with Crippen LogP contribution in [0.4, 0.5) is 0 Å². The molecule has 31 heavy (non-hydrogen) atoms. The van der Waals surface area contributed by atoms with E-state index in [1.165, 1.54) is 13.8 Å². The molecule has 13 nitrogen and oxygen atoms in total. The molecule has 6 unspecified atom stereocenters. The van der Waals surface area contributed by atoms with E-state index >= 15 is 0 Å². The van der Waals surface area contributed by atoms with Gasteiger partial charge in [0.15, 0.2) is 0 Å². The zero-order valence-corrected chi connectivity index (χ0v) is 18.0. The van der Waals surface area contributed by atoms with Gasteiger partial charge in [0.2, 0.25) is 23.6 Å². The first-order chi connectivity index (χ1) is 14.2. The fourth-order valence-corrected chi connectivity index (χ4v) is 2.50. The Morgan fingerprint density at radius 2 is 1.16 bits per heavy atom. The van der Waals surface area contributed by atoms with Crippen molar-refractivity contribution in [1.29, 1.82) is 0 Å². The summed E-state index contributed by atoms with van der Waals surface area (Å²) in [5, 5.41) is 35.6. The second-order valence-corrected chi connectivity index (χ2v) is 7.63. The van der Waals surface area contributed by atoms with Crippen molar-refractivity contribution >= 4 is 29.6 Å². The van der Waals surface area contributed by atoms with E-state index in [-0.39, 0.29) is 12.8 Å². The smallest absolute Gasteiger partial charge is 0.326 e. The first-order valence-corrected chi connectivity index (χ1v) is 9.72. The SMILES string of the molecule is CC(C)C(NC(=O)C(NC(=O)C(NC(=O)C(N)CCC(N)=O)C(C)O)C(C)O)C(=O)O. The third-order valence-corrected chi connectivity index (χ3v) is 4.39. The van der Waals surface area contributed by atoms with Crippen LogP contribution in [-0.4, -0.2) is 81.3 Å². The van der Waals surface area contributed by atoms with Gasteiger partial charge in [-0.05, 0) is 26.2 Å². The van der Waals surface area contributed by atoms with Crippen LogP contribution < -0.4 is 27.4 Å². The molecular weight excluding hydrogens is 414 g/mol. The van der Waals surface area contributed by atoms with Gasteiger partial charge in [-0.25, -0.2) is 4.79 Å². The number of nitrogens with one attached hydrogen (secondary N) is 3. The van der Waals surface area contributed by atoms with Crippen molar-refractivity contribution in [3.63, 3.8) is 0 Å². The predicted octanol–water partition coefficient (Wildman–Crippen LogP) is -3.46. The van der Waals surface area contributed by atoms with Crippen molar-refractivity contribution < 1.29 is 39.3 Å². The van der Waals surface area contributed by atoms with Crippen LogP contribution in [-0.2, 0) is 24.0 Å². The molecule has 0 aromatic rings. The molecule has 0 radical (unpaired) electrons. The summed E-state index contributed by atoms with van der Waals surface area (Å²) >= 11 is 0. The van der Waals surface area contributed by atoms with Crippen LogP contribution in [0.2, 0.25) is 0 Å². The molecule has 0 saturated carbocycles. The van der Waals surface area contributed by atoms with E-state index < -0.39 is 71.9 Å². The molecule has 13 heteroatoms. The monoisotopic (exact) mass is 447 g/mol. The number of hydrogen-bond donors (Lipinski definition) is 8. The average Bonchev–Trinajstić information content (AvgIpc) is 2.64. The highest BCUT2D eigenvalue weighted by Crippen LogP contribution is 2.05. The molecule has 178 valence electrons. The molecule has 0 rings (SSSR count). The third kappa shape index (κ3) is 9.72. The quantitative estimate of drug-likeness (QED) is 0.140. The molecule has 6 atom stereocenters. The summed E-state index contributed by atoms with van der Waals surface area (Å²) in [6, 6.07) is -5.54. The van der Waals surface area contributed by atoms with Gasteiger partial charge in [0, 0.05) is 6.42 Å². The number of nitrogens with two attached hydrogens (primary N) is 2. The molecule has 0 heterocycles. The Hall–Kier alpha value is -2.77. The third-order valence-electron chi connectivity index (χ3n) is 4.39. The van der Waals surface area contributed by atoms with Crippen molar-refractivity contribution in [2.24, 2.45) is 17.4 Å². The van der Waals surface area contributed by atoms with Crippen LogP contribution in [0.25, 0.3) is 0 Å². The normalized spacial score (nSPS) is 16.9. The number of aliphatic hydroxyl groups excluding tert-OH is 2. The second-order valence-electron chi connectivity index (χ2n) is 7.63. The summed E-state index contributed by atoms with van der Waals surface area (Å²) in [4.78, 5) is 59.3. The predicted molar refractivity (Wildman–Crippen MR) is 108 cm³/mol. The number of carbonyl (C=O) groups excluding carboxylic acids is 4. The standard InChI is InChI=1S/C18H33N5O8/c1-7(2)12(18(30)31)21-16(28)14(9(4)25)23-17(29)13(8(3)24)22-15(27)10(19)5-6-11(20)26/h7-10,12-14,24-25H,5-6,19H2,1-4H3,(H2,20,26)(H,21,28)(H,22,27)(H,23,29)(H,30,31). The van der Waals surface area contributed by atoms with Crippen LogP contribution in [0.1, 0.15) is 40.5 Å². The summed E-state index contributed by atoms with van der Waals surface area (Å²) in [6.07, 6.45) is -3.08. The first-order valence-electron chi connectivity index (χ1n) is 9.72. The van der Waals surface area contributed by atoms with Gasteiger partial charge in [-0.1, -0.05) is 13.8 Å². The number of aliphatic carboxylic acids is 1. The van der Waals surface area contributed by atoms with E-state index in [4.69, 9.17) is 11.5 Å². The Morgan fingerprint density at radius 3 is 1.48 bits per heavy atom. The summed E-state index contributed by atoms with van der Waals surface area (Å²) in [7, 11) is 0. The van der Waals surface area contributed by atoms with Crippen molar-refractivity contribution in [2.45, 2.75) is 76.9 Å². The van der Waals surface area contributed by atoms with Crippen molar-refractivity contribution in [3.8, 4) is 0 Å². The van der Waals surface area contributed by atoms with Crippen LogP contribution >= 0.6 is 0 Å². The lowest BCUT2D eigenvalue weighted by atomic mass is 10.0. The summed E-state index contributed by atoms with van der Waals surface area (Å²) in [5.74, 6) is -5.25. The number of carbonyl (C=O) groups is 5. The number of amides is 4. The van der Waals surface area contributed by atoms with E-state index in [1.807, 2.05) is 0 Å². The van der Waals surface area contributed by atoms with Gasteiger partial charge in [0.1, 0.15) is 18.1 Å². The Labute approximate surface area is 179 Å². The number of carboxylic acid groups (broad SMARTS) is 1. The average molecular weight is 447 g/mol. The molecular formula is C18H33N5O8. The minimum absolute atomic E-state index is 0.0835. The van der Waals surface area contributed by atoms with Crippen molar-refractivity contribution in [1.82, 2.24) is 16.0 Å². The maximum absolute atomic E-state index is 12.6. The molecule has 0 bridgehead atoms. The lowest BCUT2D eigenvalue weighted by molar-refractivity contribution is -0.144. The highest BCUT2D eigenvalue weighted by molar-refractivity contribution is 5.94. The van der Waals surface area contributed by atoms with Crippen molar-refractivity contribution in [2.75, 3.05) is 0 Å². The number of rotatable bonds is 13. The van der Waals surface area contributed by atoms with E-state index in [9.17, 15) is 39.3 Å². The topological polar surface area (TPSA) is 234 Å². The van der Waals surface area contributed by atoms with Gasteiger partial charge in [-0.2, -0.15) is 0 Å². The fraction of sp³-hybridized carbons (Fsp3) is 0.722. The van der Waals surface area contributed by atoms with Crippen LogP contribution in [0.5, 0.6) is 0 Å². The van der Waals surface area contributed by atoms with Crippen LogP contribution in [0, 0.1) is 5.92 Å². The second kappa shape index (κ2) is 12.8. The molecule has 0 aliphatic heterocycles. The summed E-state index contributed by atoms with van der Waals surface area (Å²) in [5.41, 5.74) is 10.6. The summed E-state index contributed by atoms with van der Waals surface area (Å²) < 4.78 is 0. The van der Waals surface area contributed by atoms with Gasteiger partial charge >= 0.3 is 5.97 Å². The molecule has 0 spiro atoms. The van der Waals surface area contributed by atoms with E-state index in [2.05, 4.69) is 16.0 Å². The number of hydrogen-bond acceptors (Lipinski definition) is 8. The lowest BCUT2D eigenvalue weighted by Gasteiger charge is -2.28. The van der Waals surface area contributed by atoms with Gasteiger partial charge in [0.25, 0.3) is 0 Å². The number of aliphatic hydroxyl groups is 2. The zero-order chi connectivity index (χ0) is 24.5. The van der Waals surface area contributed by atoms with E-state index in [0.29, 0.717) is 0 Å².